The first-order chi connectivity index (χ1) is 8.88. The molecular weight excluding hydrogens is 248 g/mol. The van der Waals surface area contributed by atoms with Crippen molar-refractivity contribution >= 4 is 11.4 Å². The van der Waals surface area contributed by atoms with Crippen LogP contribution in [0.5, 0.6) is 5.75 Å². The SMILES string of the molecule is CCCC(C)(O)CNc1cc(OC)cc([N+](=O)[O-])c1. The monoisotopic (exact) mass is 268 g/mol. The second-order valence-electron chi connectivity index (χ2n) is 4.78. The van der Waals surface area contributed by atoms with Crippen LogP contribution in [0.15, 0.2) is 18.2 Å². The number of aliphatic hydroxyl groups is 1. The third-order valence-corrected chi connectivity index (χ3v) is 2.80. The molecule has 0 radical (unpaired) electrons. The lowest BCUT2D eigenvalue weighted by molar-refractivity contribution is -0.384. The molecule has 0 fully saturated rings. The van der Waals surface area contributed by atoms with Crippen LogP contribution in [0.2, 0.25) is 0 Å². The second-order valence-corrected chi connectivity index (χ2v) is 4.78. The molecule has 0 aromatic heterocycles. The van der Waals surface area contributed by atoms with Crippen molar-refractivity contribution in [2.75, 3.05) is 19.0 Å². The molecule has 0 amide bonds. The van der Waals surface area contributed by atoms with Crippen molar-refractivity contribution in [3.05, 3.63) is 28.3 Å². The van der Waals surface area contributed by atoms with Crippen LogP contribution in [0.25, 0.3) is 0 Å². The molecule has 0 aliphatic carbocycles. The first-order valence-corrected chi connectivity index (χ1v) is 6.17. The molecule has 106 valence electrons. The van der Waals surface area contributed by atoms with Crippen LogP contribution in [-0.4, -0.2) is 29.3 Å². The van der Waals surface area contributed by atoms with Crippen molar-refractivity contribution < 1.29 is 14.8 Å². The van der Waals surface area contributed by atoms with Crippen LogP contribution in [0.1, 0.15) is 26.7 Å². The summed E-state index contributed by atoms with van der Waals surface area (Å²) in [6, 6.07) is 4.44. The fraction of sp³-hybridized carbons (Fsp3) is 0.538. The van der Waals surface area contributed by atoms with Gasteiger partial charge in [-0.25, -0.2) is 0 Å². The molecule has 0 aliphatic heterocycles. The summed E-state index contributed by atoms with van der Waals surface area (Å²) in [5, 5.41) is 23.9. The molecule has 1 atom stereocenters. The highest BCUT2D eigenvalue weighted by atomic mass is 16.6. The Bertz CT molecular complexity index is 446. The van der Waals surface area contributed by atoms with Crippen LogP contribution in [0.3, 0.4) is 0 Å². The van der Waals surface area contributed by atoms with Crippen molar-refractivity contribution in [1.82, 2.24) is 0 Å². The van der Waals surface area contributed by atoms with Gasteiger partial charge < -0.3 is 15.2 Å². The lowest BCUT2D eigenvalue weighted by Crippen LogP contribution is -2.33. The van der Waals surface area contributed by atoms with Crippen molar-refractivity contribution in [2.45, 2.75) is 32.3 Å². The lowest BCUT2D eigenvalue weighted by Gasteiger charge is -2.23. The minimum atomic E-state index is -0.841. The molecular formula is C13H20N2O4. The number of ether oxygens (including phenoxy) is 1. The van der Waals surface area contributed by atoms with Gasteiger partial charge >= 0.3 is 0 Å². The van der Waals surface area contributed by atoms with Crippen LogP contribution < -0.4 is 10.1 Å². The number of benzene rings is 1. The number of nitro groups is 1. The molecule has 0 saturated heterocycles. The predicted octanol–water partition coefficient (Wildman–Crippen LogP) is 2.57. The molecule has 0 spiro atoms. The van der Waals surface area contributed by atoms with Gasteiger partial charge in [-0.3, -0.25) is 10.1 Å². The zero-order chi connectivity index (χ0) is 14.5. The van der Waals surface area contributed by atoms with Crippen LogP contribution in [-0.2, 0) is 0 Å². The number of nitro benzene ring substituents is 1. The topological polar surface area (TPSA) is 84.6 Å². The van der Waals surface area contributed by atoms with Gasteiger partial charge in [-0.1, -0.05) is 13.3 Å². The smallest absolute Gasteiger partial charge is 0.275 e. The largest absolute Gasteiger partial charge is 0.496 e. The van der Waals surface area contributed by atoms with Gasteiger partial charge in [-0.15, -0.1) is 0 Å². The molecule has 0 saturated carbocycles. The highest BCUT2D eigenvalue weighted by molar-refractivity contribution is 5.56. The van der Waals surface area contributed by atoms with Crippen LogP contribution >= 0.6 is 0 Å². The van der Waals surface area contributed by atoms with E-state index in [2.05, 4.69) is 5.32 Å². The fourth-order valence-electron chi connectivity index (χ4n) is 1.83. The van der Waals surface area contributed by atoms with Gasteiger partial charge in [0.2, 0.25) is 0 Å². The number of methoxy groups -OCH3 is 1. The van der Waals surface area contributed by atoms with E-state index in [0.29, 0.717) is 24.4 Å². The Balaban J connectivity index is 2.83. The maximum Gasteiger partial charge on any atom is 0.275 e. The Morgan fingerprint density at radius 2 is 2.16 bits per heavy atom. The highest BCUT2D eigenvalue weighted by Crippen LogP contribution is 2.26. The Morgan fingerprint density at radius 3 is 2.68 bits per heavy atom. The van der Waals surface area contributed by atoms with E-state index in [1.54, 1.807) is 13.0 Å². The first kappa shape index (κ1) is 15.2. The van der Waals surface area contributed by atoms with Crippen LogP contribution in [0, 0.1) is 10.1 Å². The molecule has 0 aliphatic rings. The molecule has 1 aromatic carbocycles. The van der Waals surface area contributed by atoms with Crippen molar-refractivity contribution in [3.63, 3.8) is 0 Å². The Kier molecular flexibility index (Phi) is 5.11. The summed E-state index contributed by atoms with van der Waals surface area (Å²) in [6.07, 6.45) is 1.53. The molecule has 6 heteroatoms. The average Bonchev–Trinajstić information content (AvgIpc) is 2.36. The summed E-state index contributed by atoms with van der Waals surface area (Å²) >= 11 is 0. The summed E-state index contributed by atoms with van der Waals surface area (Å²) in [6.45, 7) is 4.05. The maximum absolute atomic E-state index is 10.8. The van der Waals surface area contributed by atoms with E-state index >= 15 is 0 Å². The van der Waals surface area contributed by atoms with Gasteiger partial charge in [0, 0.05) is 24.4 Å². The quantitative estimate of drug-likeness (QED) is 0.586. The number of non-ortho nitro benzene ring substituents is 1. The average molecular weight is 268 g/mol. The Hall–Kier alpha value is -1.82. The third kappa shape index (κ3) is 4.75. The molecule has 1 aromatic rings. The number of hydrogen-bond donors (Lipinski definition) is 2. The van der Waals surface area contributed by atoms with Gasteiger partial charge in [0.05, 0.1) is 23.7 Å². The van der Waals surface area contributed by atoms with E-state index in [0.717, 1.165) is 6.42 Å². The summed E-state index contributed by atoms with van der Waals surface area (Å²) < 4.78 is 5.02. The Morgan fingerprint density at radius 1 is 1.47 bits per heavy atom. The normalized spacial score (nSPS) is 13.7. The number of rotatable bonds is 7. The predicted molar refractivity (Wildman–Crippen MR) is 73.7 cm³/mol. The molecule has 1 unspecified atom stereocenters. The third-order valence-electron chi connectivity index (χ3n) is 2.80. The first-order valence-electron chi connectivity index (χ1n) is 6.17. The number of nitrogens with zero attached hydrogens (tertiary/aromatic N) is 1. The van der Waals surface area contributed by atoms with Gasteiger partial charge in [-0.05, 0) is 13.3 Å². The molecule has 0 bridgehead atoms. The van der Waals surface area contributed by atoms with Crippen LogP contribution in [0.4, 0.5) is 11.4 Å². The summed E-state index contributed by atoms with van der Waals surface area (Å²) in [5.74, 6) is 0.409. The molecule has 19 heavy (non-hydrogen) atoms. The Labute approximate surface area is 112 Å². The molecule has 1 rings (SSSR count). The van der Waals surface area contributed by atoms with Crippen molar-refractivity contribution in [1.29, 1.82) is 0 Å². The summed E-state index contributed by atoms with van der Waals surface area (Å²) in [4.78, 5) is 10.3. The maximum atomic E-state index is 10.8. The number of hydrogen-bond acceptors (Lipinski definition) is 5. The highest BCUT2D eigenvalue weighted by Gasteiger charge is 2.19. The summed E-state index contributed by atoms with van der Waals surface area (Å²) in [5.41, 5.74) is -0.327. The van der Waals surface area contributed by atoms with E-state index in [-0.39, 0.29) is 5.69 Å². The minimum absolute atomic E-state index is 0.0445. The number of nitrogens with one attached hydrogen (secondary N) is 1. The van der Waals surface area contributed by atoms with E-state index < -0.39 is 10.5 Å². The number of anilines is 1. The summed E-state index contributed by atoms with van der Waals surface area (Å²) in [7, 11) is 1.45. The van der Waals surface area contributed by atoms with Crippen molar-refractivity contribution in [2.24, 2.45) is 0 Å². The van der Waals surface area contributed by atoms with E-state index in [9.17, 15) is 15.2 Å². The second kappa shape index (κ2) is 6.38. The van der Waals surface area contributed by atoms with Crippen molar-refractivity contribution in [3.8, 4) is 5.75 Å². The standard InChI is InChI=1S/C13H20N2O4/c1-4-5-13(2,16)9-14-10-6-11(15(17)18)8-12(7-10)19-3/h6-8,14,16H,4-5,9H2,1-3H3. The van der Waals surface area contributed by atoms with Gasteiger partial charge in [-0.2, -0.15) is 0 Å². The van der Waals surface area contributed by atoms with E-state index in [1.165, 1.54) is 19.2 Å². The van der Waals surface area contributed by atoms with Gasteiger partial charge in [0.15, 0.2) is 0 Å². The lowest BCUT2D eigenvalue weighted by atomic mass is 10.0. The van der Waals surface area contributed by atoms with E-state index in [1.807, 2.05) is 6.92 Å². The minimum Gasteiger partial charge on any atom is -0.496 e. The zero-order valence-corrected chi connectivity index (χ0v) is 11.5. The van der Waals surface area contributed by atoms with Gasteiger partial charge in [0.1, 0.15) is 5.75 Å². The molecule has 0 heterocycles. The zero-order valence-electron chi connectivity index (χ0n) is 11.5. The fourth-order valence-corrected chi connectivity index (χ4v) is 1.83. The molecule has 2 N–H and O–H groups in total. The molecule has 6 nitrogen and oxygen atoms in total. The van der Waals surface area contributed by atoms with Gasteiger partial charge in [0.25, 0.3) is 5.69 Å². The van der Waals surface area contributed by atoms with E-state index in [4.69, 9.17) is 4.74 Å².